The number of carbonyl (C=O) groups is 1. The minimum atomic E-state index is -0.145. The van der Waals surface area contributed by atoms with Crippen molar-refractivity contribution in [2.75, 3.05) is 13.1 Å². The normalized spacial score (nSPS) is 23.8. The Morgan fingerprint density at radius 2 is 2.18 bits per heavy atom. The van der Waals surface area contributed by atoms with Crippen LogP contribution in [0.25, 0.3) is 0 Å². The highest BCUT2D eigenvalue weighted by molar-refractivity contribution is 5.76. The number of rotatable bonds is 4. The number of likely N-dealkylation sites (tertiary alicyclic amines) is 1. The molecule has 5 rings (SSSR count). The lowest BCUT2D eigenvalue weighted by Crippen LogP contribution is -2.48. The van der Waals surface area contributed by atoms with E-state index in [2.05, 4.69) is 15.0 Å². The van der Waals surface area contributed by atoms with E-state index >= 15 is 0 Å². The highest BCUT2D eigenvalue weighted by Crippen LogP contribution is 2.45. The van der Waals surface area contributed by atoms with Crippen molar-refractivity contribution >= 4 is 5.91 Å². The molecule has 1 atom stereocenters. The number of amides is 1. The fourth-order valence-corrected chi connectivity index (χ4v) is 4.81. The fraction of sp³-hybridized carbons (Fsp3) is 0.571. The minimum absolute atomic E-state index is 0.0369. The molecule has 1 saturated carbocycles. The van der Waals surface area contributed by atoms with Crippen LogP contribution in [0.5, 0.6) is 0 Å². The van der Waals surface area contributed by atoms with Gasteiger partial charge < -0.3 is 9.88 Å². The molecule has 2 aromatic rings. The minimum Gasteiger partial charge on any atom is -0.342 e. The van der Waals surface area contributed by atoms with Crippen LogP contribution in [-0.2, 0) is 23.1 Å². The summed E-state index contributed by atoms with van der Waals surface area (Å²) in [7, 11) is 0. The first-order valence-corrected chi connectivity index (χ1v) is 10.3. The third kappa shape index (κ3) is 3.12. The number of aryl methyl sites for hydroxylation is 1. The van der Waals surface area contributed by atoms with Gasteiger partial charge >= 0.3 is 0 Å². The Morgan fingerprint density at radius 1 is 1.29 bits per heavy atom. The molecule has 2 fully saturated rings. The van der Waals surface area contributed by atoms with Crippen molar-refractivity contribution < 1.29 is 4.79 Å². The fourth-order valence-electron chi connectivity index (χ4n) is 4.81. The lowest BCUT2D eigenvalue weighted by Gasteiger charge is -2.40. The first-order valence-electron chi connectivity index (χ1n) is 10.3. The third-order valence-corrected chi connectivity index (χ3v) is 6.49. The molecule has 2 aromatic heterocycles. The van der Waals surface area contributed by atoms with Crippen molar-refractivity contribution in [1.82, 2.24) is 24.8 Å². The molecule has 7 heteroatoms. The van der Waals surface area contributed by atoms with E-state index in [1.165, 1.54) is 0 Å². The Hall–Kier alpha value is -2.57. The number of nitrogens with zero attached hydrogens (tertiary/aromatic N) is 4. The zero-order valence-electron chi connectivity index (χ0n) is 16.0. The van der Waals surface area contributed by atoms with Gasteiger partial charge in [0.15, 0.2) is 0 Å². The maximum Gasteiger partial charge on any atom is 0.254 e. The first-order chi connectivity index (χ1) is 13.6. The number of aromatic amines is 1. The molecule has 28 heavy (non-hydrogen) atoms. The van der Waals surface area contributed by atoms with Crippen LogP contribution < -0.4 is 5.56 Å². The van der Waals surface area contributed by atoms with Crippen molar-refractivity contribution in [1.29, 1.82) is 0 Å². The van der Waals surface area contributed by atoms with Gasteiger partial charge in [-0.15, -0.1) is 0 Å². The Bertz CT molecular complexity index is 953. The smallest absolute Gasteiger partial charge is 0.254 e. The molecule has 3 aliphatic rings. The van der Waals surface area contributed by atoms with E-state index in [0.29, 0.717) is 25.3 Å². The van der Waals surface area contributed by atoms with Crippen LogP contribution in [0.1, 0.15) is 67.2 Å². The zero-order chi connectivity index (χ0) is 19.1. The second-order valence-corrected chi connectivity index (χ2v) is 8.45. The van der Waals surface area contributed by atoms with Gasteiger partial charge in [0.1, 0.15) is 5.82 Å². The summed E-state index contributed by atoms with van der Waals surface area (Å²) in [4.78, 5) is 43.7. The summed E-state index contributed by atoms with van der Waals surface area (Å²) in [5.74, 6) is 1.44. The number of H-pyrrole nitrogens is 1. The molecule has 7 nitrogen and oxygen atoms in total. The van der Waals surface area contributed by atoms with Crippen LogP contribution in [0, 0.1) is 0 Å². The molecule has 1 unspecified atom stereocenters. The van der Waals surface area contributed by atoms with Crippen molar-refractivity contribution in [3.05, 3.63) is 51.7 Å². The van der Waals surface area contributed by atoms with Crippen LogP contribution in [0.3, 0.4) is 0 Å². The van der Waals surface area contributed by atoms with Crippen LogP contribution >= 0.6 is 0 Å². The van der Waals surface area contributed by atoms with E-state index in [0.717, 1.165) is 67.8 Å². The highest BCUT2D eigenvalue weighted by Gasteiger charge is 2.46. The number of piperidine rings is 1. The number of fused-ring (bicyclic) bond motifs is 2. The standard InChI is InChI=1S/C21H25N5O2/c27-17(5-4-15-12-22-9-10-23-15)26-11-1-7-21(13-26)8-6-16-18(21)24-19(14-2-3-14)25-20(16)28/h9-10,12,14H,1-8,11,13H2,(H,24,25,28). The van der Waals surface area contributed by atoms with E-state index in [9.17, 15) is 9.59 Å². The molecule has 0 aromatic carbocycles. The van der Waals surface area contributed by atoms with E-state index in [1.54, 1.807) is 18.6 Å². The van der Waals surface area contributed by atoms with E-state index < -0.39 is 0 Å². The van der Waals surface area contributed by atoms with Gasteiger partial charge in [0.05, 0.1) is 11.4 Å². The maximum atomic E-state index is 12.9. The molecule has 3 heterocycles. The average Bonchev–Trinajstić information content (AvgIpc) is 3.52. The summed E-state index contributed by atoms with van der Waals surface area (Å²) in [6.45, 7) is 1.47. The third-order valence-electron chi connectivity index (χ3n) is 6.49. The van der Waals surface area contributed by atoms with E-state index in [1.807, 2.05) is 4.90 Å². The molecule has 2 aliphatic carbocycles. The van der Waals surface area contributed by atoms with Gasteiger partial charge in [-0.05, 0) is 44.9 Å². The zero-order valence-corrected chi connectivity index (χ0v) is 16.0. The van der Waals surface area contributed by atoms with Crippen molar-refractivity contribution in [3.63, 3.8) is 0 Å². The second-order valence-electron chi connectivity index (χ2n) is 8.45. The lowest BCUT2D eigenvalue weighted by molar-refractivity contribution is -0.133. The Labute approximate surface area is 163 Å². The van der Waals surface area contributed by atoms with Gasteiger partial charge in [0.2, 0.25) is 5.91 Å². The molecule has 1 amide bonds. The molecular weight excluding hydrogens is 354 g/mol. The Kier molecular flexibility index (Phi) is 4.25. The molecule has 1 saturated heterocycles. The van der Waals surface area contributed by atoms with Crippen LogP contribution in [0.4, 0.5) is 0 Å². The summed E-state index contributed by atoms with van der Waals surface area (Å²) < 4.78 is 0. The second kappa shape index (κ2) is 6.79. The Morgan fingerprint density at radius 3 is 2.96 bits per heavy atom. The van der Waals surface area contributed by atoms with Gasteiger partial charge in [-0.1, -0.05) is 0 Å². The largest absolute Gasteiger partial charge is 0.342 e. The van der Waals surface area contributed by atoms with Gasteiger partial charge in [0, 0.05) is 55.0 Å². The van der Waals surface area contributed by atoms with E-state index in [4.69, 9.17) is 4.98 Å². The summed E-state index contributed by atoms with van der Waals surface area (Å²) in [5, 5.41) is 0. The van der Waals surface area contributed by atoms with Crippen LogP contribution in [0.15, 0.2) is 23.4 Å². The van der Waals surface area contributed by atoms with Crippen LogP contribution in [-0.4, -0.2) is 43.8 Å². The van der Waals surface area contributed by atoms with E-state index in [-0.39, 0.29) is 16.9 Å². The van der Waals surface area contributed by atoms with Gasteiger partial charge in [0.25, 0.3) is 5.56 Å². The van der Waals surface area contributed by atoms with Crippen molar-refractivity contribution in [3.8, 4) is 0 Å². The Balaban J connectivity index is 1.35. The number of hydrogen-bond acceptors (Lipinski definition) is 5. The van der Waals surface area contributed by atoms with Gasteiger partial charge in [-0.25, -0.2) is 4.98 Å². The lowest BCUT2D eigenvalue weighted by atomic mass is 9.77. The topological polar surface area (TPSA) is 91.8 Å². The van der Waals surface area contributed by atoms with Crippen LogP contribution in [0.2, 0.25) is 0 Å². The predicted octanol–water partition coefficient (Wildman–Crippen LogP) is 1.88. The SMILES string of the molecule is O=C(CCc1cnccn1)N1CCCC2(CCc3c2nc(C2CC2)[nH]c3=O)C1. The molecule has 0 bridgehead atoms. The predicted molar refractivity (Wildman–Crippen MR) is 103 cm³/mol. The maximum absolute atomic E-state index is 12.9. The van der Waals surface area contributed by atoms with Gasteiger partial charge in [-0.2, -0.15) is 0 Å². The summed E-state index contributed by atoms with van der Waals surface area (Å²) in [6.07, 6.45) is 11.9. The molecule has 146 valence electrons. The quantitative estimate of drug-likeness (QED) is 0.876. The highest BCUT2D eigenvalue weighted by atomic mass is 16.2. The number of carbonyl (C=O) groups excluding carboxylic acids is 1. The van der Waals surface area contributed by atoms with Gasteiger partial charge in [-0.3, -0.25) is 19.6 Å². The molecule has 1 spiro atoms. The number of hydrogen-bond donors (Lipinski definition) is 1. The first kappa shape index (κ1) is 17.5. The summed E-state index contributed by atoms with van der Waals surface area (Å²) in [5.41, 5.74) is 2.56. The monoisotopic (exact) mass is 379 g/mol. The molecule has 0 radical (unpaired) electrons. The van der Waals surface area contributed by atoms with Crippen molar-refractivity contribution in [2.45, 2.75) is 62.7 Å². The number of aromatic nitrogens is 4. The summed E-state index contributed by atoms with van der Waals surface area (Å²) in [6, 6.07) is 0. The molecule has 1 N–H and O–H groups in total. The molecule has 1 aliphatic heterocycles. The summed E-state index contributed by atoms with van der Waals surface area (Å²) >= 11 is 0. The molecular formula is C21H25N5O2. The average molecular weight is 379 g/mol. The van der Waals surface area contributed by atoms with Crippen molar-refractivity contribution in [2.24, 2.45) is 0 Å². The number of nitrogens with one attached hydrogen (secondary N) is 1.